The van der Waals surface area contributed by atoms with Gasteiger partial charge < -0.3 is 14.6 Å². The fourth-order valence-electron chi connectivity index (χ4n) is 4.40. The van der Waals surface area contributed by atoms with Crippen LogP contribution in [0.3, 0.4) is 0 Å². The lowest BCUT2D eigenvalue weighted by Crippen LogP contribution is -2.39. The first-order valence-electron chi connectivity index (χ1n) is 12.6. The van der Waals surface area contributed by atoms with Gasteiger partial charge in [-0.3, -0.25) is 9.59 Å². The molecule has 35 heavy (non-hydrogen) atoms. The summed E-state index contributed by atoms with van der Waals surface area (Å²) in [5.41, 5.74) is 2.07. The zero-order valence-electron chi connectivity index (χ0n) is 20.6. The van der Waals surface area contributed by atoms with Gasteiger partial charge in [0, 0.05) is 31.5 Å². The molecule has 7 nitrogen and oxygen atoms in total. The molecule has 1 atom stereocenters. The Morgan fingerprint density at radius 2 is 1.89 bits per heavy atom. The van der Waals surface area contributed by atoms with E-state index in [1.165, 1.54) is 5.56 Å². The van der Waals surface area contributed by atoms with Gasteiger partial charge in [-0.25, -0.2) is 0 Å². The summed E-state index contributed by atoms with van der Waals surface area (Å²) in [5.74, 6) is 1.79. The van der Waals surface area contributed by atoms with Crippen LogP contribution in [0.15, 0.2) is 59.4 Å². The Kier molecular flexibility index (Phi) is 8.29. The molecule has 0 saturated carbocycles. The monoisotopic (exact) mass is 474 g/mol. The molecule has 1 aliphatic heterocycles. The Bertz CT molecular complexity index is 1170. The van der Waals surface area contributed by atoms with Crippen LogP contribution in [0.4, 0.5) is 0 Å². The summed E-state index contributed by atoms with van der Waals surface area (Å²) >= 11 is 0. The number of ether oxygens (including phenoxy) is 1. The highest BCUT2D eigenvalue weighted by Gasteiger charge is 2.23. The molecule has 3 aromatic rings. The average Bonchev–Trinajstić information content (AvgIpc) is 2.89. The molecule has 1 unspecified atom stereocenters. The number of rotatable bonds is 9. The molecular weight excluding hydrogens is 440 g/mol. The Morgan fingerprint density at radius 1 is 1.11 bits per heavy atom. The van der Waals surface area contributed by atoms with Crippen LogP contribution in [0.1, 0.15) is 50.8 Å². The fraction of sp³-hybridized carbons (Fsp3) is 0.429. The van der Waals surface area contributed by atoms with Crippen molar-refractivity contribution in [3.63, 3.8) is 0 Å². The number of carbonyl (C=O) groups is 1. The SMILES string of the molecule is CCC(C)Oc1cccc(-c2nnc(CCC(=O)N3CCC(Cc4ccccc4)CC3)c(=O)[nH]2)c1. The number of nitrogens with one attached hydrogen (secondary N) is 1. The number of likely N-dealkylation sites (tertiary alicyclic amines) is 1. The van der Waals surface area contributed by atoms with Gasteiger partial charge in [0.2, 0.25) is 5.91 Å². The topological polar surface area (TPSA) is 88.2 Å². The van der Waals surface area contributed by atoms with Gasteiger partial charge in [0.05, 0.1) is 6.10 Å². The molecule has 1 aliphatic rings. The quantitative estimate of drug-likeness (QED) is 0.496. The molecule has 2 heterocycles. The van der Waals surface area contributed by atoms with Crippen LogP contribution < -0.4 is 10.3 Å². The van der Waals surface area contributed by atoms with Crippen LogP contribution in [-0.4, -0.2) is 45.2 Å². The minimum Gasteiger partial charge on any atom is -0.491 e. The van der Waals surface area contributed by atoms with E-state index in [0.717, 1.165) is 50.1 Å². The molecule has 1 N–H and O–H groups in total. The van der Waals surface area contributed by atoms with Gasteiger partial charge in [0.15, 0.2) is 5.82 Å². The smallest absolute Gasteiger partial charge is 0.273 e. The molecule has 184 valence electrons. The maximum absolute atomic E-state index is 12.7. The van der Waals surface area contributed by atoms with Gasteiger partial charge in [0.1, 0.15) is 11.4 Å². The highest BCUT2D eigenvalue weighted by atomic mass is 16.5. The lowest BCUT2D eigenvalue weighted by Gasteiger charge is -2.32. The molecule has 0 aliphatic carbocycles. The van der Waals surface area contributed by atoms with Gasteiger partial charge in [-0.05, 0) is 56.2 Å². The van der Waals surface area contributed by atoms with E-state index in [4.69, 9.17) is 4.74 Å². The van der Waals surface area contributed by atoms with Crippen molar-refractivity contribution in [2.75, 3.05) is 13.1 Å². The molecular formula is C28H34N4O3. The Morgan fingerprint density at radius 3 is 2.60 bits per heavy atom. The standard InChI is InChI=1S/C28H34N4O3/c1-3-20(2)35-24-11-7-10-23(19-24)27-29-28(34)25(30-31-27)12-13-26(33)32-16-14-22(15-17-32)18-21-8-5-4-6-9-21/h4-11,19-20,22H,3,12-18H2,1-2H3,(H,29,31,34). The van der Waals surface area contributed by atoms with Crippen molar-refractivity contribution in [3.8, 4) is 17.1 Å². The number of benzene rings is 2. The van der Waals surface area contributed by atoms with Crippen LogP contribution in [-0.2, 0) is 17.6 Å². The largest absolute Gasteiger partial charge is 0.491 e. The summed E-state index contributed by atoms with van der Waals surface area (Å²) in [6, 6.07) is 18.0. The first-order chi connectivity index (χ1) is 17.0. The molecule has 2 aromatic carbocycles. The third-order valence-electron chi connectivity index (χ3n) is 6.69. The van der Waals surface area contributed by atoms with E-state index < -0.39 is 0 Å². The number of aromatic nitrogens is 3. The Labute approximate surface area is 206 Å². The molecule has 1 saturated heterocycles. The first kappa shape index (κ1) is 24.6. The first-order valence-corrected chi connectivity index (χ1v) is 12.6. The van der Waals surface area contributed by atoms with E-state index >= 15 is 0 Å². The van der Waals surface area contributed by atoms with Gasteiger partial charge in [-0.2, -0.15) is 0 Å². The predicted molar refractivity (Wildman–Crippen MR) is 136 cm³/mol. The van der Waals surface area contributed by atoms with Crippen LogP contribution >= 0.6 is 0 Å². The molecule has 4 rings (SSSR count). The minimum atomic E-state index is -0.308. The molecule has 7 heteroatoms. The molecule has 1 fully saturated rings. The summed E-state index contributed by atoms with van der Waals surface area (Å²) in [6.07, 6.45) is 4.63. The molecule has 1 amide bonds. The third-order valence-corrected chi connectivity index (χ3v) is 6.69. The zero-order chi connectivity index (χ0) is 24.6. The predicted octanol–water partition coefficient (Wildman–Crippen LogP) is 4.42. The highest BCUT2D eigenvalue weighted by Crippen LogP contribution is 2.23. The van der Waals surface area contributed by atoms with E-state index in [0.29, 0.717) is 11.7 Å². The lowest BCUT2D eigenvalue weighted by atomic mass is 9.90. The summed E-state index contributed by atoms with van der Waals surface area (Å²) in [6.45, 7) is 5.62. The maximum Gasteiger partial charge on any atom is 0.273 e. The van der Waals surface area contributed by atoms with Crippen LogP contribution in [0, 0.1) is 5.92 Å². The van der Waals surface area contributed by atoms with Crippen molar-refractivity contribution in [2.24, 2.45) is 5.92 Å². The van der Waals surface area contributed by atoms with E-state index in [9.17, 15) is 9.59 Å². The fourth-order valence-corrected chi connectivity index (χ4v) is 4.40. The van der Waals surface area contributed by atoms with Crippen molar-refractivity contribution in [1.29, 1.82) is 0 Å². The van der Waals surface area contributed by atoms with Gasteiger partial charge in [-0.1, -0.05) is 49.4 Å². The van der Waals surface area contributed by atoms with Crippen LogP contribution in [0.2, 0.25) is 0 Å². The second-order valence-electron chi connectivity index (χ2n) is 9.33. The summed E-state index contributed by atoms with van der Waals surface area (Å²) < 4.78 is 5.86. The molecule has 0 radical (unpaired) electrons. The van der Waals surface area contributed by atoms with Crippen LogP contribution in [0.25, 0.3) is 11.4 Å². The Hall–Kier alpha value is -3.48. The lowest BCUT2D eigenvalue weighted by molar-refractivity contribution is -0.132. The average molecular weight is 475 g/mol. The molecule has 1 aromatic heterocycles. The van der Waals surface area contributed by atoms with E-state index in [1.54, 1.807) is 0 Å². The van der Waals surface area contributed by atoms with E-state index in [1.807, 2.05) is 42.2 Å². The number of piperidine rings is 1. The number of amides is 1. The second kappa shape index (κ2) is 11.8. The van der Waals surface area contributed by atoms with Crippen molar-refractivity contribution in [3.05, 3.63) is 76.2 Å². The number of aryl methyl sites for hydroxylation is 1. The van der Waals surface area contributed by atoms with Crippen molar-refractivity contribution in [2.45, 2.75) is 58.5 Å². The van der Waals surface area contributed by atoms with E-state index in [2.05, 4.69) is 46.4 Å². The summed E-state index contributed by atoms with van der Waals surface area (Å²) in [4.78, 5) is 30.1. The van der Waals surface area contributed by atoms with Gasteiger partial charge in [-0.15, -0.1) is 10.2 Å². The number of carbonyl (C=O) groups excluding carboxylic acids is 1. The van der Waals surface area contributed by atoms with Gasteiger partial charge >= 0.3 is 0 Å². The Balaban J connectivity index is 1.29. The second-order valence-corrected chi connectivity index (χ2v) is 9.33. The minimum absolute atomic E-state index is 0.0725. The van der Waals surface area contributed by atoms with E-state index in [-0.39, 0.29) is 36.1 Å². The number of nitrogens with zero attached hydrogens (tertiary/aromatic N) is 3. The number of aromatic amines is 1. The van der Waals surface area contributed by atoms with Crippen molar-refractivity contribution < 1.29 is 9.53 Å². The maximum atomic E-state index is 12.7. The normalized spacial score (nSPS) is 15.1. The number of hydrogen-bond acceptors (Lipinski definition) is 5. The molecule has 0 spiro atoms. The van der Waals surface area contributed by atoms with Gasteiger partial charge in [0.25, 0.3) is 5.56 Å². The summed E-state index contributed by atoms with van der Waals surface area (Å²) in [7, 11) is 0. The number of H-pyrrole nitrogens is 1. The molecule has 0 bridgehead atoms. The van der Waals surface area contributed by atoms with Crippen molar-refractivity contribution in [1.82, 2.24) is 20.1 Å². The zero-order valence-corrected chi connectivity index (χ0v) is 20.6. The van der Waals surface area contributed by atoms with Crippen molar-refractivity contribution >= 4 is 5.91 Å². The third kappa shape index (κ3) is 6.78. The number of hydrogen-bond donors (Lipinski definition) is 1. The summed E-state index contributed by atoms with van der Waals surface area (Å²) in [5, 5.41) is 8.34. The highest BCUT2D eigenvalue weighted by molar-refractivity contribution is 5.76. The van der Waals surface area contributed by atoms with Crippen LogP contribution in [0.5, 0.6) is 5.75 Å².